The molecule has 2 atom stereocenters. The Morgan fingerprint density at radius 3 is 2.74 bits per heavy atom. The van der Waals surface area contributed by atoms with E-state index in [0.29, 0.717) is 66.7 Å². The first kappa shape index (κ1) is 22.5. The molecule has 5 rings (SSSR count). The quantitative estimate of drug-likeness (QED) is 0.638. The first-order chi connectivity index (χ1) is 16.4. The van der Waals surface area contributed by atoms with Gasteiger partial charge in [0.2, 0.25) is 0 Å². The van der Waals surface area contributed by atoms with Crippen LogP contribution in [-0.2, 0) is 4.79 Å². The molecule has 2 unspecified atom stereocenters. The second kappa shape index (κ2) is 9.18. The first-order valence-corrected chi connectivity index (χ1v) is 11.9. The van der Waals surface area contributed by atoms with E-state index in [1.807, 2.05) is 12.1 Å². The van der Waals surface area contributed by atoms with Gasteiger partial charge in [-0.1, -0.05) is 23.7 Å². The lowest BCUT2D eigenvalue weighted by Gasteiger charge is -2.34. The minimum atomic E-state index is -0.559. The smallest absolute Gasteiger partial charge is 0.317 e. The molecule has 0 aliphatic carbocycles. The Morgan fingerprint density at radius 1 is 1.15 bits per heavy atom. The van der Waals surface area contributed by atoms with E-state index in [1.54, 1.807) is 36.1 Å². The Kier molecular flexibility index (Phi) is 6.08. The largest absolute Gasteiger partial charge is 0.492 e. The molecular formula is C25H26ClN3O5. The number of anilines is 1. The number of piperidine rings is 1. The van der Waals surface area contributed by atoms with Crippen LogP contribution in [0.2, 0.25) is 5.02 Å². The maximum Gasteiger partial charge on any atom is 0.317 e. The van der Waals surface area contributed by atoms with Crippen molar-refractivity contribution in [2.24, 2.45) is 5.92 Å². The van der Waals surface area contributed by atoms with Crippen molar-refractivity contribution in [3.8, 4) is 11.5 Å². The van der Waals surface area contributed by atoms with Gasteiger partial charge in [-0.3, -0.25) is 9.59 Å². The molecule has 178 valence electrons. The van der Waals surface area contributed by atoms with E-state index in [0.717, 1.165) is 5.56 Å². The lowest BCUT2D eigenvalue weighted by Crippen LogP contribution is -2.47. The summed E-state index contributed by atoms with van der Waals surface area (Å²) < 4.78 is 11.2. The maximum atomic E-state index is 13.1. The molecule has 0 spiro atoms. The predicted molar refractivity (Wildman–Crippen MR) is 127 cm³/mol. The minimum absolute atomic E-state index is 0.0173. The van der Waals surface area contributed by atoms with E-state index in [9.17, 15) is 14.4 Å². The number of Topliss-reactive ketones (excluding diaryl/α,β-unsaturated/α-hetero) is 1. The number of nitrogens with zero attached hydrogens (tertiary/aromatic N) is 1. The van der Waals surface area contributed by atoms with Gasteiger partial charge in [0.25, 0.3) is 5.91 Å². The highest BCUT2D eigenvalue weighted by Crippen LogP contribution is 2.38. The SMILES string of the molecule is CC1Oc2ccc(C(=O)C3CCN(C(=O)NC4CCOc5c(Cl)cccc54)CC3)cc2NC1=O. The number of nitrogens with one attached hydrogen (secondary N) is 2. The van der Waals surface area contributed by atoms with Crippen molar-refractivity contribution in [1.82, 2.24) is 10.2 Å². The highest BCUT2D eigenvalue weighted by atomic mass is 35.5. The second-order valence-electron chi connectivity index (χ2n) is 8.88. The van der Waals surface area contributed by atoms with Crippen LogP contribution >= 0.6 is 11.6 Å². The number of rotatable bonds is 3. The second-order valence-corrected chi connectivity index (χ2v) is 9.29. The summed E-state index contributed by atoms with van der Waals surface area (Å²) in [4.78, 5) is 39.7. The summed E-state index contributed by atoms with van der Waals surface area (Å²) in [7, 11) is 0. The van der Waals surface area contributed by atoms with Crippen molar-refractivity contribution in [2.75, 3.05) is 25.0 Å². The van der Waals surface area contributed by atoms with Gasteiger partial charge in [0, 0.05) is 36.6 Å². The van der Waals surface area contributed by atoms with Gasteiger partial charge < -0.3 is 25.0 Å². The fraction of sp³-hybridized carbons (Fsp3) is 0.400. The number of carbonyl (C=O) groups excluding carboxylic acids is 3. The Balaban J connectivity index is 1.19. The molecule has 0 saturated carbocycles. The zero-order valence-electron chi connectivity index (χ0n) is 18.8. The van der Waals surface area contributed by atoms with Crippen molar-refractivity contribution < 1.29 is 23.9 Å². The third-order valence-corrected chi connectivity index (χ3v) is 6.97. The molecule has 2 N–H and O–H groups in total. The normalized spacial score (nSPS) is 21.9. The highest BCUT2D eigenvalue weighted by Gasteiger charge is 2.32. The first-order valence-electron chi connectivity index (χ1n) is 11.5. The zero-order valence-corrected chi connectivity index (χ0v) is 19.6. The topological polar surface area (TPSA) is 97.0 Å². The zero-order chi connectivity index (χ0) is 23.8. The van der Waals surface area contributed by atoms with E-state index in [4.69, 9.17) is 21.1 Å². The number of ether oxygens (including phenoxy) is 2. The fourth-order valence-electron chi connectivity index (χ4n) is 4.72. The molecule has 3 aliphatic heterocycles. The van der Waals surface area contributed by atoms with Crippen molar-refractivity contribution in [3.05, 3.63) is 52.5 Å². The number of carbonyl (C=O) groups is 3. The van der Waals surface area contributed by atoms with Crippen LogP contribution in [0.15, 0.2) is 36.4 Å². The monoisotopic (exact) mass is 483 g/mol. The van der Waals surface area contributed by atoms with Gasteiger partial charge in [0.15, 0.2) is 11.9 Å². The van der Waals surface area contributed by atoms with Gasteiger partial charge in [-0.2, -0.15) is 0 Å². The Morgan fingerprint density at radius 2 is 1.94 bits per heavy atom. The average molecular weight is 484 g/mol. The van der Waals surface area contributed by atoms with Gasteiger partial charge in [0.05, 0.1) is 23.4 Å². The molecular weight excluding hydrogens is 458 g/mol. The number of benzene rings is 2. The van der Waals surface area contributed by atoms with Crippen LogP contribution in [-0.4, -0.2) is 48.4 Å². The fourth-order valence-corrected chi connectivity index (χ4v) is 4.96. The third-order valence-electron chi connectivity index (χ3n) is 6.67. The van der Waals surface area contributed by atoms with E-state index in [1.165, 1.54) is 0 Å². The molecule has 3 amide bonds. The molecule has 2 aromatic carbocycles. The number of fused-ring (bicyclic) bond motifs is 2. The van der Waals surface area contributed by atoms with E-state index >= 15 is 0 Å². The Labute approximate surface area is 202 Å². The molecule has 34 heavy (non-hydrogen) atoms. The third kappa shape index (κ3) is 4.30. The number of halogens is 1. The molecule has 2 aromatic rings. The van der Waals surface area contributed by atoms with E-state index < -0.39 is 6.10 Å². The van der Waals surface area contributed by atoms with Crippen LogP contribution in [0.1, 0.15) is 48.1 Å². The van der Waals surface area contributed by atoms with Crippen LogP contribution in [0.3, 0.4) is 0 Å². The van der Waals surface area contributed by atoms with Crippen molar-refractivity contribution in [3.63, 3.8) is 0 Å². The van der Waals surface area contributed by atoms with Gasteiger partial charge >= 0.3 is 6.03 Å². The molecule has 8 nitrogen and oxygen atoms in total. The molecule has 0 bridgehead atoms. The molecule has 0 radical (unpaired) electrons. The minimum Gasteiger partial charge on any atom is -0.492 e. The summed E-state index contributed by atoms with van der Waals surface area (Å²) in [5, 5.41) is 6.42. The summed E-state index contributed by atoms with van der Waals surface area (Å²) in [5.41, 5.74) is 1.94. The molecule has 3 heterocycles. The summed E-state index contributed by atoms with van der Waals surface area (Å²) in [6.45, 7) is 3.16. The van der Waals surface area contributed by atoms with Crippen molar-refractivity contribution >= 4 is 35.0 Å². The Hall–Kier alpha value is -3.26. The van der Waals surface area contributed by atoms with E-state index in [2.05, 4.69) is 10.6 Å². The number of likely N-dealkylation sites (tertiary alicyclic amines) is 1. The molecule has 3 aliphatic rings. The van der Waals surface area contributed by atoms with Gasteiger partial charge in [-0.25, -0.2) is 4.79 Å². The number of urea groups is 1. The maximum absolute atomic E-state index is 13.1. The molecule has 1 saturated heterocycles. The van der Waals surface area contributed by atoms with E-state index in [-0.39, 0.29) is 29.7 Å². The lowest BCUT2D eigenvalue weighted by molar-refractivity contribution is -0.122. The van der Waals surface area contributed by atoms with Crippen LogP contribution in [0, 0.1) is 5.92 Å². The van der Waals surface area contributed by atoms with Crippen LogP contribution in [0.5, 0.6) is 11.5 Å². The standard InChI is InChI=1S/C25H26ClN3O5/c1-14-24(31)27-20-13-16(5-6-21(20)34-14)22(30)15-7-10-29(11-8-15)25(32)28-19-9-12-33-23-17(19)3-2-4-18(23)26/h2-6,13-15,19H,7-12H2,1H3,(H,27,31)(H,28,32). The van der Waals surface area contributed by atoms with Gasteiger partial charge in [-0.15, -0.1) is 0 Å². The Bertz CT molecular complexity index is 1150. The number of para-hydroxylation sites is 1. The average Bonchev–Trinajstić information content (AvgIpc) is 2.85. The molecule has 9 heteroatoms. The number of ketones is 1. The van der Waals surface area contributed by atoms with Gasteiger partial charge in [-0.05, 0) is 44.0 Å². The summed E-state index contributed by atoms with van der Waals surface area (Å²) in [5.74, 6) is 0.802. The highest BCUT2D eigenvalue weighted by molar-refractivity contribution is 6.32. The number of amides is 3. The van der Waals surface area contributed by atoms with Crippen LogP contribution in [0.25, 0.3) is 0 Å². The number of hydrogen-bond acceptors (Lipinski definition) is 5. The van der Waals surface area contributed by atoms with Gasteiger partial charge in [0.1, 0.15) is 11.5 Å². The molecule has 1 fully saturated rings. The van der Waals surface area contributed by atoms with Crippen molar-refractivity contribution in [1.29, 1.82) is 0 Å². The number of hydrogen-bond donors (Lipinski definition) is 2. The van der Waals surface area contributed by atoms with Crippen LogP contribution in [0.4, 0.5) is 10.5 Å². The lowest BCUT2D eigenvalue weighted by atomic mass is 9.88. The summed E-state index contributed by atoms with van der Waals surface area (Å²) in [6.07, 6.45) is 1.28. The van der Waals surface area contributed by atoms with Crippen molar-refractivity contribution in [2.45, 2.75) is 38.3 Å². The predicted octanol–water partition coefficient (Wildman–Crippen LogP) is 4.19. The van der Waals surface area contributed by atoms with Crippen LogP contribution < -0.4 is 20.1 Å². The summed E-state index contributed by atoms with van der Waals surface area (Å²) in [6, 6.07) is 10.4. The molecule has 0 aromatic heterocycles. The summed E-state index contributed by atoms with van der Waals surface area (Å²) >= 11 is 6.23.